The number of carbonyl (C=O) groups excluding carboxylic acids is 2. The first-order valence-corrected chi connectivity index (χ1v) is 6.83. The fourth-order valence-corrected chi connectivity index (χ4v) is 2.35. The normalized spacial score (nSPS) is 19.6. The Kier molecular flexibility index (Phi) is 4.74. The average molecular weight is 276 g/mol. The van der Waals surface area contributed by atoms with Crippen LogP contribution in [0.4, 0.5) is 0 Å². The van der Waals surface area contributed by atoms with Gasteiger partial charge in [0.15, 0.2) is 0 Å². The number of benzene rings is 1. The minimum Gasteiger partial charge on any atom is -0.368 e. The highest BCUT2D eigenvalue weighted by Crippen LogP contribution is 2.13. The van der Waals surface area contributed by atoms with Crippen LogP contribution >= 0.6 is 0 Å². The molecule has 2 amide bonds. The maximum Gasteiger partial charge on any atom is 0.249 e. The molecule has 1 saturated heterocycles. The van der Waals surface area contributed by atoms with Crippen LogP contribution in [0, 0.1) is 6.92 Å². The van der Waals surface area contributed by atoms with Gasteiger partial charge in [0.2, 0.25) is 11.8 Å². The van der Waals surface area contributed by atoms with E-state index in [1.807, 2.05) is 31.2 Å². The molecule has 1 heterocycles. The third-order valence-electron chi connectivity index (χ3n) is 3.40. The summed E-state index contributed by atoms with van der Waals surface area (Å²) in [5.74, 6) is -0.781. The van der Waals surface area contributed by atoms with Gasteiger partial charge in [-0.05, 0) is 25.3 Å². The maximum atomic E-state index is 12.0. The third kappa shape index (κ3) is 3.81. The van der Waals surface area contributed by atoms with Crippen molar-refractivity contribution in [2.75, 3.05) is 6.61 Å². The predicted octanol–water partition coefficient (Wildman–Crippen LogP) is 0.687. The number of hydrogen-bond acceptors (Lipinski definition) is 3. The van der Waals surface area contributed by atoms with Crippen molar-refractivity contribution in [1.29, 1.82) is 0 Å². The fraction of sp³-hybridized carbons (Fsp3) is 0.467. The molecule has 0 aromatic heterocycles. The first-order valence-electron chi connectivity index (χ1n) is 6.83. The van der Waals surface area contributed by atoms with Crippen LogP contribution in [-0.2, 0) is 20.7 Å². The smallest absolute Gasteiger partial charge is 0.249 e. The van der Waals surface area contributed by atoms with Crippen LogP contribution in [-0.4, -0.2) is 30.6 Å². The Morgan fingerprint density at radius 3 is 2.90 bits per heavy atom. The lowest BCUT2D eigenvalue weighted by Crippen LogP contribution is -2.49. The first-order chi connectivity index (χ1) is 9.56. The van der Waals surface area contributed by atoms with Gasteiger partial charge in [-0.3, -0.25) is 9.59 Å². The van der Waals surface area contributed by atoms with Crippen molar-refractivity contribution < 1.29 is 14.3 Å². The van der Waals surface area contributed by atoms with Gasteiger partial charge in [-0.15, -0.1) is 0 Å². The summed E-state index contributed by atoms with van der Waals surface area (Å²) in [6, 6.07) is 7.10. The Hall–Kier alpha value is -1.88. The highest BCUT2D eigenvalue weighted by Gasteiger charge is 2.27. The molecule has 0 bridgehead atoms. The molecule has 5 nitrogen and oxygen atoms in total. The van der Waals surface area contributed by atoms with Crippen molar-refractivity contribution in [3.63, 3.8) is 0 Å². The molecule has 5 heteroatoms. The molecule has 0 spiro atoms. The Balaban J connectivity index is 2.00. The molecule has 1 aliphatic rings. The third-order valence-corrected chi connectivity index (χ3v) is 3.40. The molecule has 1 aromatic rings. The molecule has 3 N–H and O–H groups in total. The van der Waals surface area contributed by atoms with Crippen LogP contribution in [0.5, 0.6) is 0 Å². The Bertz CT molecular complexity index is 496. The molecular formula is C15H20N2O3. The molecule has 2 rings (SSSR count). The molecule has 1 aromatic carbocycles. The SMILES string of the molecule is Cc1cccc(C[C@@H](NC(=O)[C@H]2CCCO2)C(N)=O)c1. The lowest BCUT2D eigenvalue weighted by Gasteiger charge is -2.18. The van der Waals surface area contributed by atoms with Crippen LogP contribution in [0.2, 0.25) is 0 Å². The lowest BCUT2D eigenvalue weighted by molar-refractivity contribution is -0.133. The van der Waals surface area contributed by atoms with Crippen molar-refractivity contribution in [3.8, 4) is 0 Å². The summed E-state index contributed by atoms with van der Waals surface area (Å²) < 4.78 is 5.30. The van der Waals surface area contributed by atoms with E-state index in [1.165, 1.54) is 0 Å². The quantitative estimate of drug-likeness (QED) is 0.830. The van der Waals surface area contributed by atoms with Crippen LogP contribution in [0.25, 0.3) is 0 Å². The summed E-state index contributed by atoms with van der Waals surface area (Å²) in [7, 11) is 0. The second-order valence-electron chi connectivity index (χ2n) is 5.16. The molecular weight excluding hydrogens is 256 g/mol. The summed E-state index contributed by atoms with van der Waals surface area (Å²) in [5.41, 5.74) is 7.46. The largest absolute Gasteiger partial charge is 0.368 e. The molecule has 1 aliphatic heterocycles. The van der Waals surface area contributed by atoms with Crippen molar-refractivity contribution in [2.45, 2.75) is 38.3 Å². The van der Waals surface area contributed by atoms with Crippen LogP contribution < -0.4 is 11.1 Å². The molecule has 0 aliphatic carbocycles. The van der Waals surface area contributed by atoms with E-state index in [1.54, 1.807) is 0 Å². The zero-order chi connectivity index (χ0) is 14.5. The van der Waals surface area contributed by atoms with Crippen LogP contribution in [0.1, 0.15) is 24.0 Å². The molecule has 20 heavy (non-hydrogen) atoms. The van der Waals surface area contributed by atoms with Gasteiger partial charge in [0.25, 0.3) is 0 Å². The lowest BCUT2D eigenvalue weighted by atomic mass is 10.0. The minimum absolute atomic E-state index is 0.251. The molecule has 2 atom stereocenters. The van der Waals surface area contributed by atoms with E-state index in [0.29, 0.717) is 19.4 Å². The van der Waals surface area contributed by atoms with Gasteiger partial charge in [0.05, 0.1) is 0 Å². The molecule has 108 valence electrons. The highest BCUT2D eigenvalue weighted by molar-refractivity contribution is 5.88. The number of rotatable bonds is 5. The fourth-order valence-electron chi connectivity index (χ4n) is 2.35. The summed E-state index contributed by atoms with van der Waals surface area (Å²) in [6.45, 7) is 2.57. The van der Waals surface area contributed by atoms with E-state index in [9.17, 15) is 9.59 Å². The van der Waals surface area contributed by atoms with Crippen LogP contribution in [0.15, 0.2) is 24.3 Å². The monoisotopic (exact) mass is 276 g/mol. The first kappa shape index (κ1) is 14.5. The Morgan fingerprint density at radius 2 is 2.30 bits per heavy atom. The Morgan fingerprint density at radius 1 is 1.50 bits per heavy atom. The number of amides is 2. The van der Waals surface area contributed by atoms with Gasteiger partial charge < -0.3 is 15.8 Å². The summed E-state index contributed by atoms with van der Waals surface area (Å²) in [6.07, 6.45) is 1.52. The molecule has 0 radical (unpaired) electrons. The van der Waals surface area contributed by atoms with Gasteiger partial charge in [-0.1, -0.05) is 29.8 Å². The van der Waals surface area contributed by atoms with Gasteiger partial charge in [-0.2, -0.15) is 0 Å². The number of ether oxygens (including phenoxy) is 1. The van der Waals surface area contributed by atoms with E-state index < -0.39 is 18.1 Å². The summed E-state index contributed by atoms with van der Waals surface area (Å²) >= 11 is 0. The average Bonchev–Trinajstić information content (AvgIpc) is 2.91. The zero-order valence-corrected chi connectivity index (χ0v) is 11.6. The van der Waals surface area contributed by atoms with E-state index >= 15 is 0 Å². The molecule has 0 unspecified atom stereocenters. The summed E-state index contributed by atoms with van der Waals surface area (Å²) in [5, 5.41) is 2.69. The van der Waals surface area contributed by atoms with E-state index in [2.05, 4.69) is 5.32 Å². The number of nitrogens with one attached hydrogen (secondary N) is 1. The predicted molar refractivity (Wildman–Crippen MR) is 75.0 cm³/mol. The van der Waals surface area contributed by atoms with Gasteiger partial charge in [0, 0.05) is 13.0 Å². The van der Waals surface area contributed by atoms with Gasteiger partial charge in [0.1, 0.15) is 12.1 Å². The minimum atomic E-state index is -0.700. The molecule has 1 fully saturated rings. The van der Waals surface area contributed by atoms with Crippen molar-refractivity contribution in [2.24, 2.45) is 5.73 Å². The number of primary amides is 1. The van der Waals surface area contributed by atoms with Gasteiger partial charge >= 0.3 is 0 Å². The maximum absolute atomic E-state index is 12.0. The van der Waals surface area contributed by atoms with Crippen molar-refractivity contribution in [3.05, 3.63) is 35.4 Å². The molecule has 0 saturated carbocycles. The number of carbonyl (C=O) groups is 2. The van der Waals surface area contributed by atoms with Crippen LogP contribution in [0.3, 0.4) is 0 Å². The van der Waals surface area contributed by atoms with Crippen molar-refractivity contribution in [1.82, 2.24) is 5.32 Å². The number of aryl methyl sites for hydroxylation is 1. The number of nitrogens with two attached hydrogens (primary N) is 1. The topological polar surface area (TPSA) is 81.4 Å². The van der Waals surface area contributed by atoms with E-state index in [-0.39, 0.29) is 5.91 Å². The second kappa shape index (κ2) is 6.52. The Labute approximate surface area is 118 Å². The zero-order valence-electron chi connectivity index (χ0n) is 11.6. The standard InChI is InChI=1S/C15H20N2O3/c1-10-4-2-5-11(8-10)9-12(14(16)18)17-15(19)13-6-3-7-20-13/h2,4-5,8,12-13H,3,6-7,9H2,1H3,(H2,16,18)(H,17,19)/t12-,13-/m1/s1. The highest BCUT2D eigenvalue weighted by atomic mass is 16.5. The van der Waals surface area contributed by atoms with E-state index in [4.69, 9.17) is 10.5 Å². The second-order valence-corrected chi connectivity index (χ2v) is 5.16. The van der Waals surface area contributed by atoms with Crippen molar-refractivity contribution >= 4 is 11.8 Å². The number of hydrogen-bond donors (Lipinski definition) is 2. The van der Waals surface area contributed by atoms with Gasteiger partial charge in [-0.25, -0.2) is 0 Å². The van der Waals surface area contributed by atoms with E-state index in [0.717, 1.165) is 17.5 Å². The summed E-state index contributed by atoms with van der Waals surface area (Å²) in [4.78, 5) is 23.5.